The Balaban J connectivity index is 1.54. The van der Waals surface area contributed by atoms with Gasteiger partial charge in [-0.15, -0.1) is 0 Å². The minimum absolute atomic E-state index is 0.190. The van der Waals surface area contributed by atoms with Crippen molar-refractivity contribution in [2.45, 2.75) is 32.9 Å². The van der Waals surface area contributed by atoms with Gasteiger partial charge in [0, 0.05) is 30.0 Å². The summed E-state index contributed by atoms with van der Waals surface area (Å²) in [4.78, 5) is 15.2. The van der Waals surface area contributed by atoms with Gasteiger partial charge in [0.05, 0.1) is 5.56 Å². The Morgan fingerprint density at radius 3 is 2.42 bits per heavy atom. The summed E-state index contributed by atoms with van der Waals surface area (Å²) in [6, 6.07) is 24.6. The Bertz CT molecular complexity index is 1280. The summed E-state index contributed by atoms with van der Waals surface area (Å²) in [6.07, 6.45) is 0.565. The third-order valence-corrected chi connectivity index (χ3v) is 6.32. The predicted octanol–water partition coefficient (Wildman–Crippen LogP) is 5.61. The highest BCUT2D eigenvalue weighted by molar-refractivity contribution is 5.86. The Hall–Kier alpha value is -3.37. The summed E-state index contributed by atoms with van der Waals surface area (Å²) in [5, 5.41) is 0.974. The quantitative estimate of drug-likeness (QED) is 0.410. The van der Waals surface area contributed by atoms with E-state index in [1.165, 1.54) is 5.56 Å². The molecule has 0 radical (unpaired) electrons. The predicted molar refractivity (Wildman–Crippen MR) is 122 cm³/mol. The summed E-state index contributed by atoms with van der Waals surface area (Å²) in [5.74, 6) is 0.794. The smallest absolute Gasteiger partial charge is 0.340 e. The molecule has 0 bridgehead atoms. The molecule has 0 amide bonds. The van der Waals surface area contributed by atoms with E-state index in [-0.39, 0.29) is 11.7 Å². The number of benzene rings is 3. The molecule has 5 rings (SSSR count). The summed E-state index contributed by atoms with van der Waals surface area (Å²) < 4.78 is 12.0. The lowest BCUT2D eigenvalue weighted by Gasteiger charge is -2.34. The van der Waals surface area contributed by atoms with Crippen molar-refractivity contribution in [3.63, 3.8) is 0 Å². The van der Waals surface area contributed by atoms with Crippen molar-refractivity contribution in [1.29, 1.82) is 0 Å². The first-order chi connectivity index (χ1) is 15.1. The molecular formula is C27H25NO3. The van der Waals surface area contributed by atoms with Crippen LogP contribution in [0.15, 0.2) is 82.0 Å². The van der Waals surface area contributed by atoms with Crippen LogP contribution in [0.3, 0.4) is 0 Å². The van der Waals surface area contributed by atoms with E-state index in [9.17, 15) is 4.79 Å². The van der Waals surface area contributed by atoms with Crippen LogP contribution >= 0.6 is 0 Å². The van der Waals surface area contributed by atoms with Crippen molar-refractivity contribution in [3.05, 3.63) is 111 Å². The molecule has 1 aromatic heterocycles. The number of aryl methyl sites for hydroxylation is 1. The van der Waals surface area contributed by atoms with Crippen molar-refractivity contribution in [2.24, 2.45) is 0 Å². The zero-order valence-corrected chi connectivity index (χ0v) is 17.8. The van der Waals surface area contributed by atoms with Crippen molar-refractivity contribution in [2.75, 3.05) is 6.73 Å². The second-order valence-electron chi connectivity index (χ2n) is 8.18. The van der Waals surface area contributed by atoms with Gasteiger partial charge >= 0.3 is 5.63 Å². The summed E-state index contributed by atoms with van der Waals surface area (Å²) in [7, 11) is 0. The lowest BCUT2D eigenvalue weighted by molar-refractivity contribution is 0.0620. The van der Waals surface area contributed by atoms with Gasteiger partial charge in [0.15, 0.2) is 0 Å². The minimum Gasteiger partial charge on any atom is -0.478 e. The van der Waals surface area contributed by atoms with E-state index in [4.69, 9.17) is 9.15 Å². The third kappa shape index (κ3) is 3.64. The Morgan fingerprint density at radius 2 is 1.68 bits per heavy atom. The van der Waals surface area contributed by atoms with E-state index >= 15 is 0 Å². The van der Waals surface area contributed by atoms with Gasteiger partial charge in [-0.3, -0.25) is 4.90 Å². The molecule has 0 saturated heterocycles. The molecule has 4 aromatic rings. The number of hydrogen-bond acceptors (Lipinski definition) is 4. The molecule has 0 fully saturated rings. The van der Waals surface area contributed by atoms with E-state index in [1.807, 2.05) is 55.5 Å². The average Bonchev–Trinajstić information content (AvgIpc) is 2.82. The second-order valence-corrected chi connectivity index (χ2v) is 8.18. The van der Waals surface area contributed by atoms with E-state index in [0.29, 0.717) is 30.8 Å². The molecule has 0 aliphatic carbocycles. The molecule has 1 aliphatic rings. The van der Waals surface area contributed by atoms with Crippen molar-refractivity contribution < 1.29 is 9.15 Å². The SMILES string of the molecule is Cc1c(Cc2ccccc2)c(=O)oc2c3c(ccc12)OCN([C@H](C)c1ccccc1)C3. The van der Waals surface area contributed by atoms with Crippen LogP contribution in [0.25, 0.3) is 11.0 Å². The molecule has 2 heterocycles. The number of hydrogen-bond donors (Lipinski definition) is 0. The molecule has 0 N–H and O–H groups in total. The van der Waals surface area contributed by atoms with Crippen LogP contribution in [-0.4, -0.2) is 11.6 Å². The molecule has 3 aromatic carbocycles. The maximum absolute atomic E-state index is 13.0. The molecule has 4 heteroatoms. The summed E-state index contributed by atoms with van der Waals surface area (Å²) in [5.41, 5.74) is 5.34. The molecule has 31 heavy (non-hydrogen) atoms. The highest BCUT2D eigenvalue weighted by Crippen LogP contribution is 2.36. The Labute approximate surface area is 181 Å². The number of fused-ring (bicyclic) bond motifs is 3. The fourth-order valence-corrected chi connectivity index (χ4v) is 4.37. The van der Waals surface area contributed by atoms with Crippen LogP contribution in [0.1, 0.15) is 40.8 Å². The molecule has 1 aliphatic heterocycles. The molecule has 1 atom stereocenters. The van der Waals surface area contributed by atoms with E-state index in [2.05, 4.69) is 36.1 Å². The summed E-state index contributed by atoms with van der Waals surface area (Å²) in [6.45, 7) is 5.36. The largest absolute Gasteiger partial charge is 0.478 e. The maximum atomic E-state index is 13.0. The van der Waals surface area contributed by atoms with Crippen LogP contribution in [0.4, 0.5) is 0 Å². The van der Waals surface area contributed by atoms with Gasteiger partial charge in [-0.2, -0.15) is 0 Å². The van der Waals surface area contributed by atoms with E-state index < -0.39 is 0 Å². The first-order valence-corrected chi connectivity index (χ1v) is 10.7. The molecule has 156 valence electrons. The van der Waals surface area contributed by atoms with Crippen LogP contribution in [0.5, 0.6) is 5.75 Å². The fourth-order valence-electron chi connectivity index (χ4n) is 4.37. The lowest BCUT2D eigenvalue weighted by atomic mass is 9.97. The van der Waals surface area contributed by atoms with Gasteiger partial charge in [-0.1, -0.05) is 60.7 Å². The second kappa shape index (κ2) is 8.05. The number of rotatable bonds is 4. The molecule has 4 nitrogen and oxygen atoms in total. The standard InChI is InChI=1S/C27H25NO3/c1-18-22-13-14-25-24(16-28(17-30-25)19(2)21-11-7-4-8-12-21)26(22)31-27(29)23(18)15-20-9-5-3-6-10-20/h3-14,19H,15-17H2,1-2H3/t19-/m1/s1. The van der Waals surface area contributed by atoms with Crippen molar-refractivity contribution in [3.8, 4) is 5.75 Å². The fraction of sp³-hybridized carbons (Fsp3) is 0.222. The number of nitrogens with zero attached hydrogens (tertiary/aromatic N) is 1. The van der Waals surface area contributed by atoms with Crippen molar-refractivity contribution in [1.82, 2.24) is 4.90 Å². The van der Waals surface area contributed by atoms with Gasteiger partial charge in [-0.25, -0.2) is 4.79 Å². The first kappa shape index (κ1) is 19.6. The normalized spacial score (nSPS) is 14.8. The van der Waals surface area contributed by atoms with Crippen LogP contribution in [0, 0.1) is 6.92 Å². The highest BCUT2D eigenvalue weighted by Gasteiger charge is 2.26. The number of ether oxygens (including phenoxy) is 1. The zero-order valence-electron chi connectivity index (χ0n) is 17.8. The molecule has 0 spiro atoms. The topological polar surface area (TPSA) is 42.7 Å². The third-order valence-electron chi connectivity index (χ3n) is 6.32. The zero-order chi connectivity index (χ0) is 21.4. The summed E-state index contributed by atoms with van der Waals surface area (Å²) >= 11 is 0. The van der Waals surface area contributed by atoms with Gasteiger partial charge in [-0.05, 0) is 42.7 Å². The van der Waals surface area contributed by atoms with E-state index in [1.54, 1.807) is 0 Å². The Morgan fingerprint density at radius 1 is 0.968 bits per heavy atom. The highest BCUT2D eigenvalue weighted by atomic mass is 16.5. The average molecular weight is 412 g/mol. The van der Waals surface area contributed by atoms with Crippen LogP contribution < -0.4 is 10.4 Å². The van der Waals surface area contributed by atoms with Crippen LogP contribution in [-0.2, 0) is 13.0 Å². The monoisotopic (exact) mass is 411 g/mol. The lowest BCUT2D eigenvalue weighted by Crippen LogP contribution is -2.34. The minimum atomic E-state index is -0.268. The van der Waals surface area contributed by atoms with E-state index in [0.717, 1.165) is 27.8 Å². The molecular weight excluding hydrogens is 386 g/mol. The van der Waals surface area contributed by atoms with Crippen molar-refractivity contribution >= 4 is 11.0 Å². The van der Waals surface area contributed by atoms with Gasteiger partial charge in [0.25, 0.3) is 0 Å². The van der Waals surface area contributed by atoms with Gasteiger partial charge in [0.1, 0.15) is 18.1 Å². The van der Waals surface area contributed by atoms with Crippen LogP contribution in [0.2, 0.25) is 0 Å². The van der Waals surface area contributed by atoms with Gasteiger partial charge in [0.2, 0.25) is 0 Å². The molecule has 0 unspecified atom stereocenters. The Kier molecular flexibility index (Phi) is 5.08. The van der Waals surface area contributed by atoms with Gasteiger partial charge < -0.3 is 9.15 Å². The maximum Gasteiger partial charge on any atom is 0.340 e. The first-order valence-electron chi connectivity index (χ1n) is 10.7. The molecule has 0 saturated carbocycles.